The van der Waals surface area contributed by atoms with Crippen molar-refractivity contribution in [3.8, 4) is 0 Å². The van der Waals surface area contributed by atoms with Gasteiger partial charge in [0.1, 0.15) is 5.82 Å². The van der Waals surface area contributed by atoms with Crippen molar-refractivity contribution in [1.29, 1.82) is 0 Å². The minimum absolute atomic E-state index is 0.0480. The molecule has 3 aliphatic rings. The molecule has 8 heteroatoms. The lowest BCUT2D eigenvalue weighted by molar-refractivity contribution is -0.109. The summed E-state index contributed by atoms with van der Waals surface area (Å²) >= 11 is 0. The Morgan fingerprint density at radius 1 is 1.32 bits per heavy atom. The normalized spacial score (nSPS) is 21.0. The second kappa shape index (κ2) is 12.8. The molecule has 4 rings (SSSR count). The lowest BCUT2D eigenvalue weighted by atomic mass is 9.87. The first-order chi connectivity index (χ1) is 16.3. The summed E-state index contributed by atoms with van der Waals surface area (Å²) in [7, 11) is 5.64. The summed E-state index contributed by atoms with van der Waals surface area (Å²) in [6.07, 6.45) is 10.1. The van der Waals surface area contributed by atoms with Crippen LogP contribution in [0.5, 0.6) is 0 Å². The Labute approximate surface area is 202 Å². The van der Waals surface area contributed by atoms with Gasteiger partial charge in [0.05, 0.1) is 25.0 Å². The van der Waals surface area contributed by atoms with Crippen LogP contribution in [-0.2, 0) is 11.3 Å². The van der Waals surface area contributed by atoms with Crippen molar-refractivity contribution in [3.63, 3.8) is 0 Å². The third kappa shape index (κ3) is 6.41. The quantitative estimate of drug-likeness (QED) is 0.628. The number of hydrogen-bond acceptors (Lipinski definition) is 5. The minimum Gasteiger partial charge on any atom is -0.357 e. The van der Waals surface area contributed by atoms with Crippen LogP contribution in [-0.4, -0.2) is 68.2 Å². The fourth-order valence-electron chi connectivity index (χ4n) is 4.20. The van der Waals surface area contributed by atoms with E-state index < -0.39 is 0 Å². The van der Waals surface area contributed by atoms with Crippen molar-refractivity contribution in [3.05, 3.63) is 71.2 Å². The standard InChI is InChI=1S/C15H22N4O.C9H8FNO.C2H6/c1-11(18-10-20)15(16-2)13-6-4-12(5-7-13)14-8-17-9-19(14)3;1-11-5-6-2-3-7(10)4-8(6)9(11)12;1-2/h4-6,9-10,13-16H,1,7-8H2,2-3H3,(H,18,20);2-4H,5H2,1H3;1-2H3. The molecule has 1 aromatic carbocycles. The van der Waals surface area contributed by atoms with Gasteiger partial charge < -0.3 is 20.4 Å². The summed E-state index contributed by atoms with van der Waals surface area (Å²) in [6, 6.07) is 4.74. The van der Waals surface area contributed by atoms with Crippen molar-refractivity contribution in [2.45, 2.75) is 38.9 Å². The first-order valence-corrected chi connectivity index (χ1v) is 11.6. The Kier molecular flexibility index (Phi) is 10.2. The molecule has 34 heavy (non-hydrogen) atoms. The third-order valence-corrected chi connectivity index (χ3v) is 6.00. The van der Waals surface area contributed by atoms with E-state index in [1.54, 1.807) is 18.0 Å². The molecule has 0 radical (unpaired) electrons. The number of amides is 2. The summed E-state index contributed by atoms with van der Waals surface area (Å²) < 4.78 is 12.7. The molecule has 2 amide bonds. The van der Waals surface area contributed by atoms with Gasteiger partial charge >= 0.3 is 0 Å². The number of hydrogen-bond donors (Lipinski definition) is 2. The lowest BCUT2D eigenvalue weighted by Gasteiger charge is -2.29. The van der Waals surface area contributed by atoms with E-state index in [-0.39, 0.29) is 17.8 Å². The summed E-state index contributed by atoms with van der Waals surface area (Å²) in [5.41, 5.74) is 3.42. The van der Waals surface area contributed by atoms with Gasteiger partial charge in [-0.2, -0.15) is 0 Å². The molecule has 184 valence electrons. The van der Waals surface area contributed by atoms with Crippen LogP contribution < -0.4 is 10.6 Å². The van der Waals surface area contributed by atoms with E-state index in [0.717, 1.165) is 18.5 Å². The van der Waals surface area contributed by atoms with E-state index in [1.165, 1.54) is 17.7 Å². The third-order valence-electron chi connectivity index (χ3n) is 6.00. The van der Waals surface area contributed by atoms with E-state index in [9.17, 15) is 14.0 Å². The van der Waals surface area contributed by atoms with Crippen molar-refractivity contribution in [2.24, 2.45) is 10.9 Å². The van der Waals surface area contributed by atoms with Gasteiger partial charge in [-0.3, -0.25) is 14.6 Å². The van der Waals surface area contributed by atoms with Crippen LogP contribution in [0.3, 0.4) is 0 Å². The molecule has 0 spiro atoms. The van der Waals surface area contributed by atoms with Gasteiger partial charge in [0, 0.05) is 37.8 Å². The zero-order valence-electron chi connectivity index (χ0n) is 20.7. The number of fused-ring (bicyclic) bond motifs is 1. The Morgan fingerprint density at radius 2 is 2.06 bits per heavy atom. The average molecular weight is 470 g/mol. The predicted molar refractivity (Wildman–Crippen MR) is 135 cm³/mol. The summed E-state index contributed by atoms with van der Waals surface area (Å²) in [5, 5.41) is 5.86. The van der Waals surface area contributed by atoms with E-state index in [1.807, 2.05) is 34.3 Å². The monoisotopic (exact) mass is 469 g/mol. The maximum atomic E-state index is 12.7. The molecule has 2 aliphatic heterocycles. The lowest BCUT2D eigenvalue weighted by Crippen LogP contribution is -2.39. The van der Waals surface area contributed by atoms with Crippen LogP contribution in [0.1, 0.15) is 36.2 Å². The van der Waals surface area contributed by atoms with Crippen LogP contribution in [0, 0.1) is 11.7 Å². The van der Waals surface area contributed by atoms with Gasteiger partial charge in [-0.25, -0.2) is 4.39 Å². The van der Waals surface area contributed by atoms with Crippen LogP contribution in [0.15, 0.2) is 59.3 Å². The number of carbonyl (C=O) groups excluding carboxylic acids is 2. The largest absolute Gasteiger partial charge is 0.357 e. The number of nitrogens with one attached hydrogen (secondary N) is 2. The van der Waals surface area contributed by atoms with Crippen LogP contribution in [0.2, 0.25) is 0 Å². The number of carbonyl (C=O) groups is 2. The molecule has 3 unspecified atom stereocenters. The first-order valence-electron chi connectivity index (χ1n) is 11.6. The zero-order chi connectivity index (χ0) is 25.3. The van der Waals surface area contributed by atoms with Crippen LogP contribution in [0.25, 0.3) is 0 Å². The molecule has 0 aromatic heterocycles. The number of nitrogens with zero attached hydrogens (tertiary/aromatic N) is 3. The highest BCUT2D eigenvalue weighted by molar-refractivity contribution is 5.98. The molecule has 0 saturated carbocycles. The molecule has 0 saturated heterocycles. The zero-order valence-corrected chi connectivity index (χ0v) is 20.7. The summed E-state index contributed by atoms with van der Waals surface area (Å²) in [6.45, 7) is 9.33. The fourth-order valence-corrected chi connectivity index (χ4v) is 4.20. The number of allylic oxidation sites excluding steroid dienone is 1. The van der Waals surface area contributed by atoms with Gasteiger partial charge in [-0.05, 0) is 36.7 Å². The molecule has 3 atom stereocenters. The number of aliphatic imine (C=N–C) groups is 1. The van der Waals surface area contributed by atoms with Gasteiger partial charge in [0.2, 0.25) is 6.41 Å². The molecule has 0 fully saturated rings. The van der Waals surface area contributed by atoms with Crippen LogP contribution in [0.4, 0.5) is 4.39 Å². The molecule has 7 nitrogen and oxygen atoms in total. The second-order valence-electron chi connectivity index (χ2n) is 8.14. The molecular weight excluding hydrogens is 433 g/mol. The Balaban J connectivity index is 0.000000248. The molecule has 2 N–H and O–H groups in total. The Morgan fingerprint density at radius 3 is 2.62 bits per heavy atom. The molecular formula is C26H36FN5O2. The maximum absolute atomic E-state index is 12.7. The van der Waals surface area contributed by atoms with Gasteiger partial charge in [0.25, 0.3) is 5.91 Å². The topological polar surface area (TPSA) is 77.0 Å². The van der Waals surface area contributed by atoms with E-state index in [2.05, 4.69) is 45.3 Å². The van der Waals surface area contributed by atoms with Crippen molar-refractivity contribution >= 4 is 18.7 Å². The van der Waals surface area contributed by atoms with E-state index in [0.29, 0.717) is 36.2 Å². The second-order valence-corrected chi connectivity index (χ2v) is 8.14. The SMILES string of the molecule is C=C(NC=O)C(NC)C1C=CC(C2CN=CN2C)=CC1.CC.CN1Cc2ccc(F)cc2C1=O. The van der Waals surface area contributed by atoms with Gasteiger partial charge in [0.15, 0.2) is 0 Å². The van der Waals surface area contributed by atoms with Gasteiger partial charge in [-0.1, -0.05) is 44.7 Å². The van der Waals surface area contributed by atoms with Crippen LogP contribution >= 0.6 is 0 Å². The van der Waals surface area contributed by atoms with Crippen molar-refractivity contribution in [1.82, 2.24) is 20.4 Å². The Hall–Kier alpha value is -3.26. The fraction of sp³-hybridized carbons (Fsp3) is 0.423. The molecule has 1 aromatic rings. The molecule has 1 aliphatic carbocycles. The van der Waals surface area contributed by atoms with Gasteiger partial charge in [-0.15, -0.1) is 0 Å². The average Bonchev–Trinajstić information content (AvgIpc) is 3.39. The Bertz CT molecular complexity index is 972. The number of benzene rings is 1. The highest BCUT2D eigenvalue weighted by Gasteiger charge is 2.26. The molecule has 0 bridgehead atoms. The number of likely N-dealkylation sites (N-methyl/N-ethyl adjacent to an activating group) is 2. The molecule has 2 heterocycles. The summed E-state index contributed by atoms with van der Waals surface area (Å²) in [4.78, 5) is 29.8. The first kappa shape index (κ1) is 27.0. The van der Waals surface area contributed by atoms with E-state index >= 15 is 0 Å². The highest BCUT2D eigenvalue weighted by atomic mass is 19.1. The highest BCUT2D eigenvalue weighted by Crippen LogP contribution is 2.26. The van der Waals surface area contributed by atoms with E-state index in [4.69, 9.17) is 0 Å². The number of rotatable bonds is 6. The maximum Gasteiger partial charge on any atom is 0.254 e. The van der Waals surface area contributed by atoms with Crippen molar-refractivity contribution in [2.75, 3.05) is 27.7 Å². The smallest absolute Gasteiger partial charge is 0.254 e. The number of halogens is 1. The predicted octanol–water partition coefficient (Wildman–Crippen LogP) is 3.12. The van der Waals surface area contributed by atoms with Crippen molar-refractivity contribution < 1.29 is 14.0 Å². The summed E-state index contributed by atoms with van der Waals surface area (Å²) in [5.74, 6) is -0.141. The minimum atomic E-state index is -0.350.